The van der Waals surface area contributed by atoms with E-state index in [-0.39, 0.29) is 5.91 Å². The Morgan fingerprint density at radius 3 is 1.90 bits per heavy atom. The van der Waals surface area contributed by atoms with Gasteiger partial charge in [-0.3, -0.25) is 4.79 Å². The predicted molar refractivity (Wildman–Crippen MR) is 134 cm³/mol. The molecule has 0 unspecified atom stereocenters. The van der Waals surface area contributed by atoms with Crippen molar-refractivity contribution in [2.45, 2.75) is 54.9 Å². The summed E-state index contributed by atoms with van der Waals surface area (Å²) < 4.78 is 0. The zero-order chi connectivity index (χ0) is 22.9. The lowest BCUT2D eigenvalue weighted by Crippen LogP contribution is -2.27. The quantitative estimate of drug-likeness (QED) is 0.431. The van der Waals surface area contributed by atoms with Crippen molar-refractivity contribution in [3.05, 3.63) is 101 Å². The molecule has 0 aliphatic carbocycles. The minimum atomic E-state index is 0.0205. The van der Waals surface area contributed by atoms with Gasteiger partial charge in [-0.15, -0.1) is 0 Å². The third kappa shape index (κ3) is 8.24. The smallest absolute Gasteiger partial charge is 0.258 e. The molecule has 0 saturated heterocycles. The number of nitrogens with zero attached hydrogens (tertiary/aromatic N) is 1. The molecule has 0 saturated carbocycles. The summed E-state index contributed by atoms with van der Waals surface area (Å²) in [5.41, 5.74) is 5.06. The third-order valence-electron chi connectivity index (χ3n) is 4.18. The van der Waals surface area contributed by atoms with Crippen LogP contribution in [0.25, 0.3) is 0 Å². The topological polar surface area (TPSA) is 20.3 Å². The molecule has 0 aromatic heterocycles. The summed E-state index contributed by atoms with van der Waals surface area (Å²) >= 11 is 0. The Bertz CT molecular complexity index is 840. The Balaban J connectivity index is 0.00000129. The fourth-order valence-electron chi connectivity index (χ4n) is 2.83. The maximum atomic E-state index is 13.0. The number of benzene rings is 3. The molecule has 2 nitrogen and oxygen atoms in total. The molecule has 0 bridgehead atoms. The molecule has 0 spiro atoms. The zero-order valence-electron chi connectivity index (χ0n) is 20.1. The van der Waals surface area contributed by atoms with Crippen molar-refractivity contribution in [1.29, 1.82) is 0 Å². The number of carbonyl (C=O) groups is 1. The number of hydrogen-bond acceptors (Lipinski definition) is 1. The van der Waals surface area contributed by atoms with Crippen LogP contribution in [0, 0.1) is 6.92 Å². The molecule has 2 heteroatoms. The van der Waals surface area contributed by atoms with E-state index in [4.69, 9.17) is 0 Å². The van der Waals surface area contributed by atoms with Gasteiger partial charge < -0.3 is 4.90 Å². The molecule has 0 N–H and O–H groups in total. The van der Waals surface area contributed by atoms with Crippen molar-refractivity contribution in [2.75, 3.05) is 11.9 Å². The van der Waals surface area contributed by atoms with Crippen LogP contribution in [-0.2, 0) is 6.42 Å². The van der Waals surface area contributed by atoms with Crippen molar-refractivity contribution in [2.24, 2.45) is 0 Å². The normalized spacial score (nSPS) is 8.93. The van der Waals surface area contributed by atoms with E-state index in [1.165, 1.54) is 5.56 Å². The minimum absolute atomic E-state index is 0.0205. The molecule has 0 aliphatic heterocycles. The van der Waals surface area contributed by atoms with Gasteiger partial charge in [0.15, 0.2) is 0 Å². The van der Waals surface area contributed by atoms with Crippen LogP contribution in [0.15, 0.2) is 78.9 Å². The van der Waals surface area contributed by atoms with Crippen LogP contribution < -0.4 is 4.90 Å². The van der Waals surface area contributed by atoms with Crippen molar-refractivity contribution in [3.63, 3.8) is 0 Å². The molecule has 3 rings (SSSR count). The molecule has 0 aliphatic rings. The first kappa shape index (κ1) is 27.1. The van der Waals surface area contributed by atoms with Crippen LogP contribution in [0.1, 0.15) is 68.6 Å². The molecule has 0 fully saturated rings. The number of rotatable bonds is 4. The van der Waals surface area contributed by atoms with Gasteiger partial charge in [0, 0.05) is 18.3 Å². The van der Waals surface area contributed by atoms with Gasteiger partial charge in [-0.1, -0.05) is 102 Å². The van der Waals surface area contributed by atoms with E-state index in [9.17, 15) is 4.79 Å². The number of carbonyl (C=O) groups excluding carboxylic acids is 1. The van der Waals surface area contributed by atoms with E-state index in [1.807, 2.05) is 122 Å². The Hall–Kier alpha value is -2.87. The highest BCUT2D eigenvalue weighted by Gasteiger charge is 2.17. The zero-order valence-corrected chi connectivity index (χ0v) is 20.1. The first-order chi connectivity index (χ1) is 14.6. The van der Waals surface area contributed by atoms with E-state index in [2.05, 4.69) is 12.1 Å². The summed E-state index contributed by atoms with van der Waals surface area (Å²) in [6.45, 7) is 14.0. The van der Waals surface area contributed by atoms with Crippen LogP contribution >= 0.6 is 0 Å². The minimum Gasteiger partial charge on any atom is -0.311 e. The summed E-state index contributed by atoms with van der Waals surface area (Å²) in [5.74, 6) is 0.0205. The first-order valence-electron chi connectivity index (χ1n) is 11.1. The lowest BCUT2D eigenvalue weighted by atomic mass is 9.99. The fraction of sp³-hybridized carbons (Fsp3) is 0.321. The summed E-state index contributed by atoms with van der Waals surface area (Å²) in [4.78, 5) is 14.7. The Labute approximate surface area is 184 Å². The Morgan fingerprint density at radius 1 is 0.733 bits per heavy atom. The lowest BCUT2D eigenvalue weighted by molar-refractivity contribution is 0.0992. The summed E-state index contributed by atoms with van der Waals surface area (Å²) in [7, 11) is 1.83. The molecule has 0 radical (unpaired) electrons. The van der Waals surface area contributed by atoms with Gasteiger partial charge >= 0.3 is 0 Å². The second-order valence-corrected chi connectivity index (χ2v) is 6.02. The van der Waals surface area contributed by atoms with Gasteiger partial charge in [0.25, 0.3) is 5.91 Å². The second kappa shape index (κ2) is 16.0. The van der Waals surface area contributed by atoms with E-state index < -0.39 is 0 Å². The van der Waals surface area contributed by atoms with E-state index in [0.29, 0.717) is 0 Å². The van der Waals surface area contributed by atoms with Crippen molar-refractivity contribution >= 4 is 11.6 Å². The van der Waals surface area contributed by atoms with Crippen LogP contribution in [0.5, 0.6) is 0 Å². The SMILES string of the molecule is CC.CC.CC.Cc1cccc(N(C)C(=O)c2ccccc2Cc2ccccc2)c1. The third-order valence-corrected chi connectivity index (χ3v) is 4.18. The first-order valence-corrected chi connectivity index (χ1v) is 11.1. The van der Waals surface area contributed by atoms with Crippen LogP contribution in [0.3, 0.4) is 0 Å². The number of hydrogen-bond donors (Lipinski definition) is 0. The highest BCUT2D eigenvalue weighted by atomic mass is 16.2. The summed E-state index contributed by atoms with van der Waals surface area (Å²) in [5, 5.41) is 0. The highest BCUT2D eigenvalue weighted by molar-refractivity contribution is 6.06. The monoisotopic (exact) mass is 405 g/mol. The molecular formula is C28H39NO. The molecule has 0 atom stereocenters. The molecule has 3 aromatic carbocycles. The second-order valence-electron chi connectivity index (χ2n) is 6.02. The van der Waals surface area contributed by atoms with E-state index in [0.717, 1.165) is 28.8 Å². The molecule has 162 valence electrons. The molecule has 0 heterocycles. The average Bonchev–Trinajstić information content (AvgIpc) is 2.83. The van der Waals surface area contributed by atoms with Gasteiger partial charge in [-0.05, 0) is 48.2 Å². The molecule has 1 amide bonds. The van der Waals surface area contributed by atoms with Crippen LogP contribution in [0.2, 0.25) is 0 Å². The molecule has 30 heavy (non-hydrogen) atoms. The lowest BCUT2D eigenvalue weighted by Gasteiger charge is -2.20. The summed E-state index contributed by atoms with van der Waals surface area (Å²) in [6.07, 6.45) is 0.754. The predicted octanol–water partition coefficient (Wildman–Crippen LogP) is 7.94. The summed E-state index contributed by atoms with van der Waals surface area (Å²) in [6, 6.07) is 26.1. The van der Waals surface area contributed by atoms with Crippen molar-refractivity contribution in [1.82, 2.24) is 0 Å². The van der Waals surface area contributed by atoms with Gasteiger partial charge in [0.1, 0.15) is 0 Å². The largest absolute Gasteiger partial charge is 0.311 e. The maximum absolute atomic E-state index is 13.0. The van der Waals surface area contributed by atoms with Crippen LogP contribution in [0.4, 0.5) is 5.69 Å². The number of amides is 1. The van der Waals surface area contributed by atoms with Crippen LogP contribution in [-0.4, -0.2) is 13.0 Å². The fourth-order valence-corrected chi connectivity index (χ4v) is 2.83. The van der Waals surface area contributed by atoms with Gasteiger partial charge in [0.2, 0.25) is 0 Å². The van der Waals surface area contributed by atoms with E-state index >= 15 is 0 Å². The molecule has 3 aromatic rings. The van der Waals surface area contributed by atoms with Gasteiger partial charge in [0.05, 0.1) is 0 Å². The van der Waals surface area contributed by atoms with Crippen molar-refractivity contribution < 1.29 is 4.79 Å². The van der Waals surface area contributed by atoms with Gasteiger partial charge in [-0.2, -0.15) is 0 Å². The number of anilines is 1. The Morgan fingerprint density at radius 2 is 1.30 bits per heavy atom. The van der Waals surface area contributed by atoms with Gasteiger partial charge in [-0.25, -0.2) is 0 Å². The van der Waals surface area contributed by atoms with Crippen molar-refractivity contribution in [3.8, 4) is 0 Å². The standard InChI is InChI=1S/C22H21NO.3C2H6/c1-17-9-8-13-20(15-17)23(2)22(24)21-14-7-6-12-19(21)16-18-10-4-3-5-11-18;3*1-2/h3-15H,16H2,1-2H3;3*1-2H3. The number of aryl methyl sites for hydroxylation is 1. The highest BCUT2D eigenvalue weighted by Crippen LogP contribution is 2.20. The average molecular weight is 406 g/mol. The Kier molecular flexibility index (Phi) is 14.5. The van der Waals surface area contributed by atoms with E-state index in [1.54, 1.807) is 4.90 Å². The maximum Gasteiger partial charge on any atom is 0.258 e. The molecular weight excluding hydrogens is 366 g/mol.